The summed E-state index contributed by atoms with van der Waals surface area (Å²) in [7, 11) is 0. The topological polar surface area (TPSA) is 90.2 Å². The summed E-state index contributed by atoms with van der Waals surface area (Å²) < 4.78 is 4.99. The van der Waals surface area contributed by atoms with E-state index < -0.39 is 37.1 Å². The normalized spacial score (nSPS) is 44.4. The molecule has 0 unspecified atom stereocenters. The standard InChI is InChI=1S/C9H18O5/c1-4(2)6-8(12)7(11)5(3-10)14-9(6)13/h4-13H,3H2,1-2H3/t5-,6-,7-,8-,9-/m1/s1. The Morgan fingerprint density at radius 3 is 2.14 bits per heavy atom. The van der Waals surface area contributed by atoms with Crippen LogP contribution in [-0.4, -0.2) is 51.6 Å². The van der Waals surface area contributed by atoms with E-state index in [1.54, 1.807) is 0 Å². The van der Waals surface area contributed by atoms with Crippen LogP contribution >= 0.6 is 0 Å². The zero-order valence-electron chi connectivity index (χ0n) is 8.37. The lowest BCUT2D eigenvalue weighted by Crippen LogP contribution is -2.56. The number of aliphatic hydroxyl groups excluding tert-OH is 4. The average molecular weight is 206 g/mol. The Kier molecular flexibility index (Phi) is 3.86. The highest BCUT2D eigenvalue weighted by molar-refractivity contribution is 4.89. The maximum absolute atomic E-state index is 9.68. The Morgan fingerprint density at radius 2 is 1.71 bits per heavy atom. The van der Waals surface area contributed by atoms with Crippen molar-refractivity contribution in [2.24, 2.45) is 11.8 Å². The van der Waals surface area contributed by atoms with E-state index in [2.05, 4.69) is 0 Å². The highest BCUT2D eigenvalue weighted by atomic mass is 16.6. The van der Waals surface area contributed by atoms with Crippen LogP contribution in [0.2, 0.25) is 0 Å². The first-order valence-electron chi connectivity index (χ1n) is 4.79. The van der Waals surface area contributed by atoms with Crippen LogP contribution in [0.25, 0.3) is 0 Å². The van der Waals surface area contributed by atoms with Gasteiger partial charge in [0.2, 0.25) is 0 Å². The molecular formula is C9H18O5. The number of rotatable bonds is 2. The van der Waals surface area contributed by atoms with Gasteiger partial charge in [-0.1, -0.05) is 13.8 Å². The second-order valence-electron chi connectivity index (χ2n) is 4.05. The lowest BCUT2D eigenvalue weighted by Gasteiger charge is -2.41. The molecule has 0 spiro atoms. The molecule has 0 amide bonds. The van der Waals surface area contributed by atoms with Crippen molar-refractivity contribution in [2.45, 2.75) is 38.4 Å². The van der Waals surface area contributed by atoms with E-state index in [9.17, 15) is 15.3 Å². The van der Waals surface area contributed by atoms with Gasteiger partial charge in [-0.3, -0.25) is 0 Å². The summed E-state index contributed by atoms with van der Waals surface area (Å²) in [4.78, 5) is 0. The average Bonchev–Trinajstić information content (AvgIpc) is 2.10. The smallest absolute Gasteiger partial charge is 0.160 e. The molecule has 0 radical (unpaired) electrons. The molecule has 0 aliphatic carbocycles. The molecule has 1 rings (SSSR count). The van der Waals surface area contributed by atoms with Crippen LogP contribution in [0.3, 0.4) is 0 Å². The van der Waals surface area contributed by atoms with Crippen molar-refractivity contribution in [3.63, 3.8) is 0 Å². The second kappa shape index (κ2) is 4.55. The highest BCUT2D eigenvalue weighted by Crippen LogP contribution is 2.30. The molecule has 0 saturated carbocycles. The molecule has 5 heteroatoms. The van der Waals surface area contributed by atoms with E-state index in [-0.39, 0.29) is 5.92 Å². The van der Waals surface area contributed by atoms with Crippen LogP contribution < -0.4 is 0 Å². The van der Waals surface area contributed by atoms with Crippen molar-refractivity contribution in [3.8, 4) is 0 Å². The predicted molar refractivity (Wildman–Crippen MR) is 48.3 cm³/mol. The predicted octanol–water partition coefficient (Wildman–Crippen LogP) is -1.31. The summed E-state index contributed by atoms with van der Waals surface area (Å²) in [5.41, 5.74) is 0. The Hall–Kier alpha value is -0.200. The van der Waals surface area contributed by atoms with Gasteiger partial charge in [-0.2, -0.15) is 0 Å². The minimum atomic E-state index is -1.14. The first kappa shape index (κ1) is 11.9. The lowest BCUT2D eigenvalue weighted by molar-refractivity contribution is -0.277. The van der Waals surface area contributed by atoms with E-state index in [1.807, 2.05) is 13.8 Å². The van der Waals surface area contributed by atoms with Crippen molar-refractivity contribution < 1.29 is 25.2 Å². The largest absolute Gasteiger partial charge is 0.394 e. The summed E-state index contributed by atoms with van der Waals surface area (Å²) >= 11 is 0. The third-order valence-corrected chi connectivity index (χ3v) is 2.72. The fourth-order valence-corrected chi connectivity index (χ4v) is 1.84. The van der Waals surface area contributed by atoms with Gasteiger partial charge < -0.3 is 25.2 Å². The number of hydrogen-bond acceptors (Lipinski definition) is 5. The molecule has 14 heavy (non-hydrogen) atoms. The summed E-state index contributed by atoms with van der Waals surface area (Å²) in [5.74, 6) is -0.526. The zero-order valence-corrected chi connectivity index (χ0v) is 8.37. The fraction of sp³-hybridized carbons (Fsp3) is 1.00. The van der Waals surface area contributed by atoms with E-state index in [4.69, 9.17) is 9.84 Å². The molecule has 1 heterocycles. The van der Waals surface area contributed by atoms with Gasteiger partial charge in [0, 0.05) is 5.92 Å². The summed E-state index contributed by atoms with van der Waals surface area (Å²) in [6.45, 7) is 3.24. The zero-order chi connectivity index (χ0) is 10.9. The van der Waals surface area contributed by atoms with E-state index in [0.29, 0.717) is 0 Å². The molecule has 0 aromatic carbocycles. The first-order chi connectivity index (χ1) is 6.49. The molecule has 0 aromatic rings. The van der Waals surface area contributed by atoms with Crippen LogP contribution in [0.15, 0.2) is 0 Å². The Morgan fingerprint density at radius 1 is 1.14 bits per heavy atom. The highest BCUT2D eigenvalue weighted by Gasteiger charge is 2.44. The lowest BCUT2D eigenvalue weighted by atomic mass is 9.83. The van der Waals surface area contributed by atoms with E-state index >= 15 is 0 Å². The minimum absolute atomic E-state index is 0.00528. The van der Waals surface area contributed by atoms with Crippen molar-refractivity contribution in [3.05, 3.63) is 0 Å². The third-order valence-electron chi connectivity index (χ3n) is 2.72. The van der Waals surface area contributed by atoms with Gasteiger partial charge in [-0.25, -0.2) is 0 Å². The van der Waals surface area contributed by atoms with E-state index in [0.717, 1.165) is 0 Å². The molecule has 1 fully saturated rings. The number of hydrogen-bond donors (Lipinski definition) is 4. The van der Waals surface area contributed by atoms with Crippen LogP contribution in [0.1, 0.15) is 13.8 Å². The van der Waals surface area contributed by atoms with Gasteiger partial charge in [-0.05, 0) is 5.92 Å². The molecule has 5 atom stereocenters. The van der Waals surface area contributed by atoms with Gasteiger partial charge in [0.25, 0.3) is 0 Å². The number of ether oxygens (including phenoxy) is 1. The Bertz CT molecular complexity index is 184. The third kappa shape index (κ3) is 2.07. The van der Waals surface area contributed by atoms with Crippen LogP contribution in [0, 0.1) is 11.8 Å². The minimum Gasteiger partial charge on any atom is -0.394 e. The molecule has 5 nitrogen and oxygen atoms in total. The first-order valence-corrected chi connectivity index (χ1v) is 4.79. The SMILES string of the molecule is CC(C)[C@@H]1[C@@H](O)[C@H](O)[C@@H](CO)O[C@H]1O. The monoisotopic (exact) mass is 206 g/mol. The molecule has 84 valence electrons. The number of aliphatic hydroxyl groups is 4. The Labute approximate surface area is 82.9 Å². The summed E-state index contributed by atoms with van der Waals surface area (Å²) in [5, 5.41) is 37.5. The molecular weight excluding hydrogens is 188 g/mol. The van der Waals surface area contributed by atoms with Gasteiger partial charge in [0.15, 0.2) is 6.29 Å². The molecule has 1 saturated heterocycles. The molecule has 0 aromatic heterocycles. The summed E-state index contributed by atoms with van der Waals surface area (Å²) in [6.07, 6.45) is -4.24. The van der Waals surface area contributed by atoms with Gasteiger partial charge in [0.05, 0.1) is 12.7 Å². The second-order valence-corrected chi connectivity index (χ2v) is 4.05. The molecule has 0 bridgehead atoms. The van der Waals surface area contributed by atoms with Gasteiger partial charge in [-0.15, -0.1) is 0 Å². The maximum atomic E-state index is 9.68. The Balaban J connectivity index is 2.74. The van der Waals surface area contributed by atoms with Crippen molar-refractivity contribution >= 4 is 0 Å². The van der Waals surface area contributed by atoms with Crippen molar-refractivity contribution in [2.75, 3.05) is 6.61 Å². The van der Waals surface area contributed by atoms with Crippen LogP contribution in [0.4, 0.5) is 0 Å². The molecule has 1 aliphatic rings. The van der Waals surface area contributed by atoms with E-state index in [1.165, 1.54) is 0 Å². The van der Waals surface area contributed by atoms with Crippen LogP contribution in [0.5, 0.6) is 0 Å². The maximum Gasteiger partial charge on any atom is 0.160 e. The van der Waals surface area contributed by atoms with Crippen molar-refractivity contribution in [1.82, 2.24) is 0 Å². The van der Waals surface area contributed by atoms with Gasteiger partial charge >= 0.3 is 0 Å². The fourth-order valence-electron chi connectivity index (χ4n) is 1.84. The molecule has 1 aliphatic heterocycles. The molecule has 4 N–H and O–H groups in total. The summed E-state index contributed by atoms with van der Waals surface area (Å²) in [6, 6.07) is 0. The quantitative estimate of drug-likeness (QED) is 0.450. The van der Waals surface area contributed by atoms with Gasteiger partial charge in [0.1, 0.15) is 12.2 Å². The van der Waals surface area contributed by atoms with Crippen LogP contribution in [-0.2, 0) is 4.74 Å². The van der Waals surface area contributed by atoms with Crippen molar-refractivity contribution in [1.29, 1.82) is 0 Å².